The summed E-state index contributed by atoms with van der Waals surface area (Å²) in [5.74, 6) is -0.142. The van der Waals surface area contributed by atoms with E-state index in [4.69, 9.17) is 28.4 Å². The largest absolute Gasteiger partial charge is 0.507 e. The van der Waals surface area contributed by atoms with Gasteiger partial charge < -0.3 is 38.6 Å². The van der Waals surface area contributed by atoms with Gasteiger partial charge in [-0.1, -0.05) is 107 Å². The van der Waals surface area contributed by atoms with Crippen molar-refractivity contribution in [1.29, 1.82) is 0 Å². The fraction of sp³-hybridized carbons (Fsp3) is 0.689. The lowest BCUT2D eigenvalue weighted by atomic mass is 9.82. The number of aryl methyl sites for hydroxylation is 2. The Bertz CT molecular complexity index is 1530. The van der Waals surface area contributed by atoms with E-state index in [0.29, 0.717) is 37.9 Å². The minimum absolute atomic E-state index is 0.0490. The molecule has 0 amide bonds. The van der Waals surface area contributed by atoms with E-state index in [0.717, 1.165) is 33.4 Å². The van der Waals surface area contributed by atoms with Crippen LogP contribution in [-0.2, 0) is 48.8 Å². The highest BCUT2D eigenvalue weighted by atomic mass is 16.7. The van der Waals surface area contributed by atoms with Gasteiger partial charge in [0.15, 0.2) is 12.6 Å². The summed E-state index contributed by atoms with van der Waals surface area (Å²) in [6.45, 7) is 29.7. The maximum atomic E-state index is 13.0. The Hall–Kier alpha value is -3.18. The molecule has 2 N–H and O–H groups in total. The van der Waals surface area contributed by atoms with Crippen LogP contribution in [0.25, 0.3) is 0 Å². The van der Waals surface area contributed by atoms with E-state index in [2.05, 4.69) is 41.5 Å². The predicted molar refractivity (Wildman–Crippen MR) is 212 cm³/mol. The first kappa shape index (κ1) is 44.5. The number of hydrogen-bond acceptors (Lipinski definition) is 10. The summed E-state index contributed by atoms with van der Waals surface area (Å²) in [6, 6.07) is 7.92. The van der Waals surface area contributed by atoms with E-state index in [1.807, 2.05) is 79.7 Å². The van der Waals surface area contributed by atoms with Crippen molar-refractivity contribution in [1.82, 2.24) is 0 Å². The molecule has 0 saturated carbocycles. The highest BCUT2D eigenvalue weighted by Crippen LogP contribution is 2.42. The van der Waals surface area contributed by atoms with Crippen LogP contribution in [0.15, 0.2) is 24.3 Å². The fourth-order valence-corrected chi connectivity index (χ4v) is 7.23. The number of hydrogen-bond donors (Lipinski definition) is 2. The molecule has 0 radical (unpaired) electrons. The number of esters is 2. The SMILES string of the molecule is Cc1cc(C(C)COC(=O)CC(C)(C)C2OCC3(CO2)COC(C(C)(C)CC(=O)OCC(C)c2cc(C)c(O)c(C(C)(C)C)c2)OC3)cc(C(C)(C)C)c1O. The number of benzene rings is 2. The molecular formula is C45H68O10. The van der Waals surface area contributed by atoms with Crippen LogP contribution < -0.4 is 0 Å². The van der Waals surface area contributed by atoms with E-state index in [9.17, 15) is 19.8 Å². The Kier molecular flexibility index (Phi) is 13.5. The van der Waals surface area contributed by atoms with Gasteiger partial charge in [0.25, 0.3) is 0 Å². The lowest BCUT2D eigenvalue weighted by Gasteiger charge is -2.48. The van der Waals surface area contributed by atoms with Gasteiger partial charge in [-0.15, -0.1) is 0 Å². The summed E-state index contributed by atoms with van der Waals surface area (Å²) in [5.41, 5.74) is 3.14. The first-order valence-corrected chi connectivity index (χ1v) is 19.7. The van der Waals surface area contributed by atoms with Crippen LogP contribution in [0.3, 0.4) is 0 Å². The van der Waals surface area contributed by atoms with Crippen molar-refractivity contribution in [2.75, 3.05) is 39.6 Å². The molecule has 2 aliphatic rings. The average molecular weight is 769 g/mol. The van der Waals surface area contributed by atoms with Crippen molar-refractivity contribution in [3.05, 3.63) is 57.6 Å². The molecule has 0 bridgehead atoms. The van der Waals surface area contributed by atoms with Gasteiger partial charge in [0, 0.05) is 22.7 Å². The third-order valence-corrected chi connectivity index (χ3v) is 11.0. The first-order chi connectivity index (χ1) is 25.2. The predicted octanol–water partition coefficient (Wildman–Crippen LogP) is 8.87. The van der Waals surface area contributed by atoms with Gasteiger partial charge in [-0.3, -0.25) is 9.59 Å². The van der Waals surface area contributed by atoms with Gasteiger partial charge in [0.2, 0.25) is 0 Å². The molecule has 55 heavy (non-hydrogen) atoms. The molecule has 2 atom stereocenters. The average Bonchev–Trinajstić information content (AvgIpc) is 3.07. The molecule has 2 aromatic rings. The zero-order valence-corrected chi connectivity index (χ0v) is 35.9. The lowest BCUT2D eigenvalue weighted by molar-refractivity contribution is -0.334. The van der Waals surface area contributed by atoms with E-state index in [-0.39, 0.29) is 60.7 Å². The quantitative estimate of drug-likeness (QED) is 0.202. The van der Waals surface area contributed by atoms with E-state index in [1.165, 1.54) is 0 Å². The van der Waals surface area contributed by atoms with Gasteiger partial charge in [0.1, 0.15) is 11.5 Å². The minimum atomic E-state index is -0.648. The molecule has 1 spiro atoms. The van der Waals surface area contributed by atoms with Crippen molar-refractivity contribution in [2.24, 2.45) is 16.2 Å². The number of aromatic hydroxyl groups is 2. The summed E-state index contributed by atoms with van der Waals surface area (Å²) in [6.07, 6.45) is -1.00. The number of rotatable bonds is 12. The molecule has 2 aromatic carbocycles. The van der Waals surface area contributed by atoms with Crippen LogP contribution in [-0.4, -0.2) is 74.4 Å². The second-order valence-corrected chi connectivity index (χ2v) is 19.9. The number of phenols is 2. The standard InChI is InChI=1S/C45H68O10/c1-27-15-31(17-33(37(27)48)41(5,6)7)29(3)21-50-35(46)19-43(11,12)39-52-23-45(24-53-39)25-54-40(55-26-45)44(13,14)20-36(47)51-22-30(4)32-16-28(2)38(49)34(18-32)42(8,9)10/h15-18,29-30,39-40,48-49H,19-26H2,1-14H3. The van der Waals surface area contributed by atoms with Crippen LogP contribution in [0.1, 0.15) is 141 Å². The minimum Gasteiger partial charge on any atom is -0.507 e. The summed E-state index contributed by atoms with van der Waals surface area (Å²) in [5, 5.41) is 21.2. The van der Waals surface area contributed by atoms with Gasteiger partial charge in [0.05, 0.1) is 57.9 Å². The third kappa shape index (κ3) is 11.0. The summed E-state index contributed by atoms with van der Waals surface area (Å²) in [4.78, 5) is 26.1. The smallest absolute Gasteiger partial charge is 0.306 e. The van der Waals surface area contributed by atoms with Crippen LogP contribution in [0.4, 0.5) is 0 Å². The monoisotopic (exact) mass is 768 g/mol. The highest BCUT2D eigenvalue weighted by molar-refractivity contribution is 5.70. The van der Waals surface area contributed by atoms with Crippen LogP contribution in [0.2, 0.25) is 0 Å². The molecule has 0 aromatic heterocycles. The van der Waals surface area contributed by atoms with Crippen molar-refractivity contribution >= 4 is 11.9 Å². The lowest BCUT2D eigenvalue weighted by Crippen LogP contribution is -2.56. The van der Waals surface area contributed by atoms with Crippen LogP contribution >= 0.6 is 0 Å². The maximum absolute atomic E-state index is 13.0. The van der Waals surface area contributed by atoms with Gasteiger partial charge >= 0.3 is 11.9 Å². The topological polar surface area (TPSA) is 130 Å². The van der Waals surface area contributed by atoms with E-state index >= 15 is 0 Å². The Labute approximate surface area is 329 Å². The first-order valence-electron chi connectivity index (χ1n) is 19.7. The summed E-state index contributed by atoms with van der Waals surface area (Å²) in [7, 11) is 0. The Morgan fingerprint density at radius 2 is 0.945 bits per heavy atom. The second kappa shape index (κ2) is 16.7. The zero-order chi connectivity index (χ0) is 41.3. The van der Waals surface area contributed by atoms with Gasteiger partial charge in [-0.05, 0) is 58.1 Å². The van der Waals surface area contributed by atoms with Crippen molar-refractivity contribution < 1.29 is 48.2 Å². The molecule has 10 nitrogen and oxygen atoms in total. The number of carbonyl (C=O) groups is 2. The van der Waals surface area contributed by atoms with Crippen molar-refractivity contribution in [3.8, 4) is 11.5 Å². The third-order valence-electron chi connectivity index (χ3n) is 11.0. The molecule has 308 valence electrons. The summed E-state index contributed by atoms with van der Waals surface area (Å²) < 4.78 is 36.3. The Morgan fingerprint density at radius 1 is 0.636 bits per heavy atom. The number of phenolic OH excluding ortho intramolecular Hbond substituents is 2. The van der Waals surface area contributed by atoms with Gasteiger partial charge in [-0.25, -0.2) is 0 Å². The van der Waals surface area contributed by atoms with Crippen LogP contribution in [0, 0.1) is 30.1 Å². The molecule has 2 fully saturated rings. The molecular weight excluding hydrogens is 700 g/mol. The van der Waals surface area contributed by atoms with E-state index < -0.39 is 28.8 Å². The fourth-order valence-electron chi connectivity index (χ4n) is 7.23. The van der Waals surface area contributed by atoms with Crippen molar-refractivity contribution in [3.63, 3.8) is 0 Å². The normalized spacial score (nSPS) is 22.3. The van der Waals surface area contributed by atoms with Gasteiger partial charge in [-0.2, -0.15) is 0 Å². The molecule has 2 heterocycles. The maximum Gasteiger partial charge on any atom is 0.306 e. The molecule has 2 aliphatic heterocycles. The van der Waals surface area contributed by atoms with Crippen LogP contribution in [0.5, 0.6) is 11.5 Å². The number of carbonyl (C=O) groups excluding carboxylic acids is 2. The molecule has 2 saturated heterocycles. The van der Waals surface area contributed by atoms with Crippen molar-refractivity contribution in [2.45, 2.75) is 145 Å². The second-order valence-electron chi connectivity index (χ2n) is 19.9. The highest BCUT2D eigenvalue weighted by Gasteiger charge is 2.48. The molecule has 4 rings (SSSR count). The molecule has 10 heteroatoms. The molecule has 2 unspecified atom stereocenters. The van der Waals surface area contributed by atoms with E-state index in [1.54, 1.807) is 0 Å². The zero-order valence-electron chi connectivity index (χ0n) is 35.9. The Morgan fingerprint density at radius 3 is 1.24 bits per heavy atom. The number of ether oxygens (including phenoxy) is 6. The Balaban J connectivity index is 1.22. The summed E-state index contributed by atoms with van der Waals surface area (Å²) >= 11 is 0. The molecule has 0 aliphatic carbocycles.